The van der Waals surface area contributed by atoms with Crippen LogP contribution in [-0.2, 0) is 4.79 Å². The summed E-state index contributed by atoms with van der Waals surface area (Å²) in [7, 11) is 3.03. The highest BCUT2D eigenvalue weighted by Gasteiger charge is 2.23. The lowest BCUT2D eigenvalue weighted by molar-refractivity contribution is -0.127. The number of hydrogen-bond acceptors (Lipinski definition) is 7. The molecule has 6 rings (SSSR count). The Kier molecular flexibility index (Phi) is 6.36. The molecule has 9 heteroatoms. The summed E-state index contributed by atoms with van der Waals surface area (Å²) in [5, 5.41) is 15.8. The first-order valence-corrected chi connectivity index (χ1v) is 12.8. The number of nitrogens with zero attached hydrogens (tertiary/aromatic N) is 2. The minimum atomic E-state index is -0.822. The second-order valence-electron chi connectivity index (χ2n) is 9.53. The van der Waals surface area contributed by atoms with E-state index in [4.69, 9.17) is 14.2 Å². The first kappa shape index (κ1) is 25.4. The van der Waals surface area contributed by atoms with Gasteiger partial charge in [-0.2, -0.15) is 0 Å². The van der Waals surface area contributed by atoms with Gasteiger partial charge in [0.05, 0.1) is 42.3 Å². The first-order chi connectivity index (χ1) is 19.4. The van der Waals surface area contributed by atoms with E-state index in [-0.39, 0.29) is 18.0 Å². The highest BCUT2D eigenvalue weighted by Crippen LogP contribution is 2.39. The zero-order valence-corrected chi connectivity index (χ0v) is 22.2. The smallest absolute Gasteiger partial charge is 0.267 e. The monoisotopic (exact) mass is 537 g/mol. The lowest BCUT2D eigenvalue weighted by Gasteiger charge is -2.17. The molecule has 0 unspecified atom stereocenters. The highest BCUT2D eigenvalue weighted by atomic mass is 16.5. The highest BCUT2D eigenvalue weighted by molar-refractivity contribution is 6.19. The fourth-order valence-electron chi connectivity index (χ4n) is 5.27. The van der Waals surface area contributed by atoms with Crippen molar-refractivity contribution in [1.82, 2.24) is 14.7 Å². The van der Waals surface area contributed by atoms with Crippen LogP contribution in [0.25, 0.3) is 38.1 Å². The number of carbonyl (C=O) groups excluding carboxylic acids is 1. The number of ether oxygens (including phenoxy) is 3. The van der Waals surface area contributed by atoms with Crippen LogP contribution < -0.4 is 25.1 Å². The molecule has 0 bridgehead atoms. The number of hydrogen-bond donors (Lipinski definition) is 2. The fraction of sp³-hybridized carbons (Fsp3) is 0.194. The third-order valence-electron chi connectivity index (χ3n) is 7.20. The number of nitrogens with one attached hydrogen (secondary N) is 1. The van der Waals surface area contributed by atoms with Crippen molar-refractivity contribution in [3.8, 4) is 17.2 Å². The largest absolute Gasteiger partial charge is 0.493 e. The molecule has 0 spiro atoms. The molecular formula is C31H27N3O6. The van der Waals surface area contributed by atoms with Gasteiger partial charge in [0.15, 0.2) is 17.6 Å². The molecule has 0 fully saturated rings. The van der Waals surface area contributed by atoms with E-state index in [1.54, 1.807) is 47.9 Å². The molecule has 0 aliphatic carbocycles. The van der Waals surface area contributed by atoms with Gasteiger partial charge < -0.3 is 24.6 Å². The van der Waals surface area contributed by atoms with Crippen LogP contribution in [0.1, 0.15) is 18.6 Å². The van der Waals surface area contributed by atoms with Crippen LogP contribution in [-0.4, -0.2) is 47.3 Å². The molecule has 3 aromatic carbocycles. The van der Waals surface area contributed by atoms with Gasteiger partial charge in [0.1, 0.15) is 5.75 Å². The average molecular weight is 538 g/mol. The van der Waals surface area contributed by atoms with E-state index >= 15 is 0 Å². The summed E-state index contributed by atoms with van der Waals surface area (Å²) in [5.41, 5.74) is 2.51. The van der Waals surface area contributed by atoms with Crippen LogP contribution in [0, 0.1) is 0 Å². The normalized spacial score (nSPS) is 13.1. The topological polar surface area (TPSA) is 111 Å². The third-order valence-corrected chi connectivity index (χ3v) is 7.20. The van der Waals surface area contributed by atoms with Gasteiger partial charge in [-0.15, -0.1) is 0 Å². The van der Waals surface area contributed by atoms with Crippen molar-refractivity contribution >= 4 is 44.0 Å². The Morgan fingerprint density at radius 1 is 1.00 bits per heavy atom. The lowest BCUT2D eigenvalue weighted by atomic mass is 10.1. The Bertz CT molecular complexity index is 1940. The summed E-state index contributed by atoms with van der Waals surface area (Å²) in [6, 6.07) is 19.9. The van der Waals surface area contributed by atoms with Crippen molar-refractivity contribution in [1.29, 1.82) is 0 Å². The van der Waals surface area contributed by atoms with E-state index in [1.807, 2.05) is 36.4 Å². The summed E-state index contributed by atoms with van der Waals surface area (Å²) >= 11 is 0. The number of aliphatic hydroxyl groups is 1. The maximum Gasteiger partial charge on any atom is 0.267 e. The van der Waals surface area contributed by atoms with Crippen molar-refractivity contribution in [2.45, 2.75) is 19.1 Å². The molecule has 202 valence electrons. The number of amides is 1. The zero-order chi connectivity index (χ0) is 28.0. The van der Waals surface area contributed by atoms with Crippen molar-refractivity contribution in [3.63, 3.8) is 0 Å². The minimum absolute atomic E-state index is 0.0652. The van der Waals surface area contributed by atoms with Gasteiger partial charge in [-0.3, -0.25) is 19.0 Å². The first-order valence-electron chi connectivity index (χ1n) is 12.8. The Morgan fingerprint density at radius 2 is 1.80 bits per heavy atom. The quantitative estimate of drug-likeness (QED) is 0.280. The van der Waals surface area contributed by atoms with E-state index in [0.717, 1.165) is 16.3 Å². The summed E-state index contributed by atoms with van der Waals surface area (Å²) in [4.78, 5) is 31.2. The van der Waals surface area contributed by atoms with Crippen molar-refractivity contribution < 1.29 is 24.1 Å². The molecule has 0 radical (unpaired) electrons. The van der Waals surface area contributed by atoms with Crippen molar-refractivity contribution in [2.75, 3.05) is 20.8 Å². The molecule has 0 aliphatic heterocycles. The molecule has 0 saturated heterocycles. The van der Waals surface area contributed by atoms with Crippen molar-refractivity contribution in [3.05, 3.63) is 88.8 Å². The second-order valence-corrected chi connectivity index (χ2v) is 9.53. The number of rotatable bonds is 8. The van der Waals surface area contributed by atoms with Crippen LogP contribution in [0.15, 0.2) is 77.7 Å². The van der Waals surface area contributed by atoms with E-state index in [9.17, 15) is 14.7 Å². The van der Waals surface area contributed by atoms with Gasteiger partial charge >= 0.3 is 0 Å². The Balaban J connectivity index is 1.36. The molecule has 2 atom stereocenters. The average Bonchev–Trinajstić information content (AvgIpc) is 3.32. The molecule has 9 nitrogen and oxygen atoms in total. The number of pyridine rings is 2. The number of aromatic nitrogens is 2. The van der Waals surface area contributed by atoms with Crippen LogP contribution in [0.3, 0.4) is 0 Å². The van der Waals surface area contributed by atoms with E-state index < -0.39 is 12.2 Å². The second kappa shape index (κ2) is 10.0. The predicted molar refractivity (Wildman–Crippen MR) is 153 cm³/mol. The lowest BCUT2D eigenvalue weighted by Crippen LogP contribution is -2.38. The van der Waals surface area contributed by atoms with Crippen LogP contribution in [0.2, 0.25) is 0 Å². The Labute approximate surface area is 228 Å². The summed E-state index contributed by atoms with van der Waals surface area (Å²) in [6.07, 6.45) is 0.0704. The number of methoxy groups -OCH3 is 2. The molecule has 40 heavy (non-hydrogen) atoms. The van der Waals surface area contributed by atoms with Gasteiger partial charge in [-0.05, 0) is 48.9 Å². The zero-order valence-electron chi connectivity index (χ0n) is 22.2. The predicted octanol–water partition coefficient (Wildman–Crippen LogP) is 4.23. The minimum Gasteiger partial charge on any atom is -0.493 e. The van der Waals surface area contributed by atoms with E-state index in [0.29, 0.717) is 44.6 Å². The molecule has 0 saturated carbocycles. The van der Waals surface area contributed by atoms with Crippen LogP contribution >= 0.6 is 0 Å². The third kappa shape index (κ3) is 4.02. The molecule has 1 amide bonds. The van der Waals surface area contributed by atoms with E-state index in [1.165, 1.54) is 14.2 Å². The van der Waals surface area contributed by atoms with Gasteiger partial charge in [0.25, 0.3) is 11.5 Å². The maximum absolute atomic E-state index is 13.9. The van der Waals surface area contributed by atoms with Crippen LogP contribution in [0.5, 0.6) is 17.2 Å². The van der Waals surface area contributed by atoms with E-state index in [2.05, 4.69) is 10.3 Å². The number of aliphatic hydroxyl groups excluding tert-OH is 1. The number of fused-ring (bicyclic) bond motifs is 5. The molecule has 3 aromatic heterocycles. The molecule has 3 heterocycles. The van der Waals surface area contributed by atoms with Gasteiger partial charge in [-0.25, -0.2) is 0 Å². The van der Waals surface area contributed by atoms with Gasteiger partial charge in [0, 0.05) is 28.9 Å². The maximum atomic E-state index is 13.9. The van der Waals surface area contributed by atoms with Crippen molar-refractivity contribution in [2.24, 2.45) is 0 Å². The summed E-state index contributed by atoms with van der Waals surface area (Å²) < 4.78 is 18.6. The molecular weight excluding hydrogens is 510 g/mol. The summed E-state index contributed by atoms with van der Waals surface area (Å²) in [5.74, 6) is 0.933. The Hall–Kier alpha value is -4.89. The number of carbonyl (C=O) groups is 1. The standard InChI is InChI=1S/C31H27N3O6/c1-17(30(36)33-16-24(35)18-7-5-4-6-8-18)40-19-9-11-23-22(15-19)20-13-14-32-27-21-10-12-25(38-2)29(39-3)26(21)31(37)34(23)28(20)27/h4-15,17,24,35H,16H2,1-3H3,(H,33,36)/t17-,24+/m1/s1. The molecule has 6 aromatic rings. The molecule has 2 N–H and O–H groups in total. The number of benzene rings is 3. The summed E-state index contributed by atoms with van der Waals surface area (Å²) in [6.45, 7) is 1.71. The fourth-order valence-corrected chi connectivity index (χ4v) is 5.27. The molecule has 0 aliphatic rings. The van der Waals surface area contributed by atoms with Gasteiger partial charge in [-0.1, -0.05) is 30.3 Å². The SMILES string of the molecule is COc1ccc2c(c1OC)c(=O)n1c3ccc(O[C@H](C)C(=O)NC[C@H](O)c4ccccc4)cc3c3ccnc2c31. The Morgan fingerprint density at radius 3 is 2.55 bits per heavy atom. The van der Waals surface area contributed by atoms with Crippen LogP contribution in [0.4, 0.5) is 0 Å². The van der Waals surface area contributed by atoms with Gasteiger partial charge in [0.2, 0.25) is 0 Å².